The molecule has 1 unspecified atom stereocenters. The molecule has 3 aromatic rings. The summed E-state index contributed by atoms with van der Waals surface area (Å²) in [5.41, 5.74) is 8.90. The van der Waals surface area contributed by atoms with Crippen molar-refractivity contribution in [1.82, 2.24) is 10.2 Å². The van der Waals surface area contributed by atoms with Gasteiger partial charge in [-0.3, -0.25) is 9.69 Å². The second kappa shape index (κ2) is 11.3. The van der Waals surface area contributed by atoms with E-state index < -0.39 is 0 Å². The molecule has 0 aromatic heterocycles. The summed E-state index contributed by atoms with van der Waals surface area (Å²) < 4.78 is 0. The fourth-order valence-electron chi connectivity index (χ4n) is 3.95. The monoisotopic (exact) mass is 445 g/mol. The Morgan fingerprint density at radius 3 is 2.40 bits per heavy atom. The lowest BCUT2D eigenvalue weighted by Crippen LogP contribution is -2.33. The minimum Gasteiger partial charge on any atom is -0.344 e. The van der Waals surface area contributed by atoms with Gasteiger partial charge in [0.05, 0.1) is 6.04 Å². The molecule has 3 N–H and O–H groups in total. The summed E-state index contributed by atoms with van der Waals surface area (Å²) in [5.74, 6) is -0.0770. The molecule has 160 valence electrons. The Balaban J connectivity index is 0.00000160. The maximum absolute atomic E-state index is 12.9. The molecular weight excluding hydrogens is 417 g/mol. The van der Waals surface area contributed by atoms with Crippen molar-refractivity contribution in [1.29, 1.82) is 0 Å². The Morgan fingerprint density at radius 1 is 0.933 bits per heavy atom. The molecule has 1 heterocycles. The number of halogens is 2. The summed E-state index contributed by atoms with van der Waals surface area (Å²) in [4.78, 5) is 15.3. The molecule has 4 rings (SSSR count). The SMILES string of the molecule is Cl.Cl.NCC(NC(=O)c1cccc(CN2CCCC2)c1)c1ccc2ccccc2c1. The Hall–Kier alpha value is -2.11. The van der Waals surface area contributed by atoms with Gasteiger partial charge in [-0.15, -0.1) is 24.8 Å². The van der Waals surface area contributed by atoms with Crippen LogP contribution >= 0.6 is 24.8 Å². The molecule has 1 amide bonds. The van der Waals surface area contributed by atoms with Crippen molar-refractivity contribution in [3.8, 4) is 0 Å². The maximum Gasteiger partial charge on any atom is 0.251 e. The average molecular weight is 446 g/mol. The van der Waals surface area contributed by atoms with Crippen LogP contribution in [0.4, 0.5) is 0 Å². The molecule has 0 aliphatic carbocycles. The van der Waals surface area contributed by atoms with Crippen molar-refractivity contribution in [2.75, 3.05) is 19.6 Å². The summed E-state index contributed by atoms with van der Waals surface area (Å²) in [6.07, 6.45) is 2.54. The molecule has 1 aliphatic rings. The van der Waals surface area contributed by atoms with Crippen LogP contribution in [0, 0.1) is 0 Å². The van der Waals surface area contributed by atoms with E-state index in [0.29, 0.717) is 12.1 Å². The highest BCUT2D eigenvalue weighted by Crippen LogP contribution is 2.21. The molecule has 1 aliphatic heterocycles. The summed E-state index contributed by atoms with van der Waals surface area (Å²) in [5, 5.41) is 5.44. The van der Waals surface area contributed by atoms with E-state index in [2.05, 4.69) is 40.5 Å². The van der Waals surface area contributed by atoms with Gasteiger partial charge in [0.2, 0.25) is 0 Å². The molecular formula is C24H29Cl2N3O. The van der Waals surface area contributed by atoms with Crippen molar-refractivity contribution in [3.63, 3.8) is 0 Å². The van der Waals surface area contributed by atoms with Crippen LogP contribution in [0.2, 0.25) is 0 Å². The minimum atomic E-state index is -0.209. The van der Waals surface area contributed by atoms with Gasteiger partial charge in [0, 0.05) is 18.7 Å². The summed E-state index contributed by atoms with van der Waals surface area (Å²) in [7, 11) is 0. The molecule has 3 aromatic carbocycles. The molecule has 0 bridgehead atoms. The number of nitrogens with one attached hydrogen (secondary N) is 1. The Labute approximate surface area is 190 Å². The molecule has 6 heteroatoms. The van der Waals surface area contributed by atoms with Crippen molar-refractivity contribution in [2.24, 2.45) is 5.73 Å². The third-order valence-corrected chi connectivity index (χ3v) is 5.51. The number of carbonyl (C=O) groups is 1. The zero-order chi connectivity index (χ0) is 19.3. The van der Waals surface area contributed by atoms with Crippen molar-refractivity contribution < 1.29 is 4.79 Å². The van der Waals surface area contributed by atoms with Gasteiger partial charge in [0.25, 0.3) is 5.91 Å². The van der Waals surface area contributed by atoms with Gasteiger partial charge in [-0.25, -0.2) is 0 Å². The van der Waals surface area contributed by atoms with Crippen LogP contribution in [0.3, 0.4) is 0 Å². The molecule has 0 spiro atoms. The predicted molar refractivity (Wildman–Crippen MR) is 129 cm³/mol. The molecule has 4 nitrogen and oxygen atoms in total. The molecule has 1 fully saturated rings. The highest BCUT2D eigenvalue weighted by molar-refractivity contribution is 5.94. The number of rotatable bonds is 6. The maximum atomic E-state index is 12.9. The van der Waals surface area contributed by atoms with Crippen LogP contribution in [-0.4, -0.2) is 30.4 Å². The van der Waals surface area contributed by atoms with Crippen LogP contribution in [0.5, 0.6) is 0 Å². The molecule has 30 heavy (non-hydrogen) atoms. The number of carbonyl (C=O) groups excluding carboxylic acids is 1. The first-order valence-electron chi connectivity index (χ1n) is 10.0. The highest BCUT2D eigenvalue weighted by atomic mass is 35.5. The van der Waals surface area contributed by atoms with Crippen molar-refractivity contribution in [3.05, 3.63) is 83.4 Å². The lowest BCUT2D eigenvalue weighted by Gasteiger charge is -2.19. The van der Waals surface area contributed by atoms with E-state index in [-0.39, 0.29) is 36.8 Å². The zero-order valence-electron chi connectivity index (χ0n) is 16.9. The molecule has 1 saturated heterocycles. The number of nitrogens with two attached hydrogens (primary N) is 1. The zero-order valence-corrected chi connectivity index (χ0v) is 18.6. The standard InChI is InChI=1S/C24H27N3O.2ClH/c25-16-23(21-11-10-19-7-1-2-8-20(19)15-21)26-24(28)22-9-5-6-18(14-22)17-27-12-3-4-13-27;;/h1-2,5-11,14-15,23H,3-4,12-13,16-17,25H2,(H,26,28);2*1H. The Morgan fingerprint density at radius 2 is 1.67 bits per heavy atom. The number of fused-ring (bicyclic) bond motifs is 1. The quantitative estimate of drug-likeness (QED) is 0.577. The van der Waals surface area contributed by atoms with Crippen molar-refractivity contribution in [2.45, 2.75) is 25.4 Å². The largest absolute Gasteiger partial charge is 0.344 e. The number of amides is 1. The fraction of sp³-hybridized carbons (Fsp3) is 0.292. The van der Waals surface area contributed by atoms with E-state index in [0.717, 1.165) is 30.6 Å². The van der Waals surface area contributed by atoms with E-state index in [1.165, 1.54) is 23.8 Å². The van der Waals surface area contributed by atoms with E-state index in [1.54, 1.807) is 0 Å². The van der Waals surface area contributed by atoms with Gasteiger partial charge < -0.3 is 11.1 Å². The smallest absolute Gasteiger partial charge is 0.251 e. The summed E-state index contributed by atoms with van der Waals surface area (Å²) in [6.45, 7) is 3.56. The van der Waals surface area contributed by atoms with Crippen LogP contribution in [-0.2, 0) is 6.54 Å². The first-order chi connectivity index (χ1) is 13.7. The Kier molecular flexibility index (Phi) is 9.12. The van der Waals surface area contributed by atoms with E-state index in [9.17, 15) is 4.79 Å². The average Bonchev–Trinajstić information content (AvgIpc) is 3.24. The lowest BCUT2D eigenvalue weighted by molar-refractivity contribution is 0.0937. The van der Waals surface area contributed by atoms with E-state index in [4.69, 9.17) is 5.73 Å². The van der Waals surface area contributed by atoms with Crippen LogP contribution in [0.1, 0.15) is 40.4 Å². The van der Waals surface area contributed by atoms with Gasteiger partial charge >= 0.3 is 0 Å². The fourth-order valence-corrected chi connectivity index (χ4v) is 3.95. The van der Waals surface area contributed by atoms with Gasteiger partial charge in [-0.05, 0) is 66.0 Å². The number of hydrogen-bond donors (Lipinski definition) is 2. The first kappa shape index (κ1) is 24.2. The Bertz CT molecular complexity index is 973. The van der Waals surface area contributed by atoms with E-state index >= 15 is 0 Å². The number of nitrogens with zero attached hydrogens (tertiary/aromatic N) is 1. The topological polar surface area (TPSA) is 58.4 Å². The second-order valence-electron chi connectivity index (χ2n) is 7.55. The van der Waals surface area contributed by atoms with Gasteiger partial charge in [-0.2, -0.15) is 0 Å². The van der Waals surface area contributed by atoms with Gasteiger partial charge in [0.1, 0.15) is 0 Å². The molecule has 1 atom stereocenters. The number of hydrogen-bond acceptors (Lipinski definition) is 3. The predicted octanol–water partition coefficient (Wildman–Crippen LogP) is 4.71. The highest BCUT2D eigenvalue weighted by Gasteiger charge is 2.16. The first-order valence-corrected chi connectivity index (χ1v) is 10.0. The second-order valence-corrected chi connectivity index (χ2v) is 7.55. The minimum absolute atomic E-state index is 0. The molecule has 0 radical (unpaired) electrons. The van der Waals surface area contributed by atoms with Crippen molar-refractivity contribution >= 4 is 41.5 Å². The normalized spacial score (nSPS) is 14.6. The summed E-state index contributed by atoms with van der Waals surface area (Å²) in [6, 6.07) is 22.2. The van der Waals surface area contributed by atoms with E-state index in [1.807, 2.05) is 36.4 Å². The number of likely N-dealkylation sites (tertiary alicyclic amines) is 1. The van der Waals surface area contributed by atoms with Gasteiger partial charge in [0.15, 0.2) is 0 Å². The lowest BCUT2D eigenvalue weighted by atomic mass is 10.0. The van der Waals surface area contributed by atoms with Gasteiger partial charge in [-0.1, -0.05) is 48.5 Å². The van der Waals surface area contributed by atoms with Crippen LogP contribution in [0.25, 0.3) is 10.8 Å². The van der Waals surface area contributed by atoms with Crippen LogP contribution < -0.4 is 11.1 Å². The third kappa shape index (κ3) is 5.73. The third-order valence-electron chi connectivity index (χ3n) is 5.51. The van der Waals surface area contributed by atoms with Crippen LogP contribution in [0.15, 0.2) is 66.7 Å². The number of benzene rings is 3. The summed E-state index contributed by atoms with van der Waals surface area (Å²) >= 11 is 0. The molecule has 0 saturated carbocycles.